The van der Waals surface area contributed by atoms with E-state index in [2.05, 4.69) is 25.3 Å². The van der Waals surface area contributed by atoms with E-state index < -0.39 is 15.9 Å². The number of rotatable bonds is 4. The van der Waals surface area contributed by atoms with Crippen LogP contribution in [0, 0.1) is 6.92 Å². The number of hydrogen-bond acceptors (Lipinski definition) is 4. The first-order valence-corrected chi connectivity index (χ1v) is 8.39. The van der Waals surface area contributed by atoms with E-state index in [1.807, 2.05) is 6.92 Å². The molecule has 2 N–H and O–H groups in total. The highest BCUT2D eigenvalue weighted by Gasteiger charge is 2.13. The maximum atomic E-state index is 12.3. The van der Waals surface area contributed by atoms with Crippen molar-refractivity contribution in [1.29, 1.82) is 0 Å². The van der Waals surface area contributed by atoms with Gasteiger partial charge in [0.1, 0.15) is 6.54 Å². The number of carbonyl (C=O) groups is 1. The number of primary amides is 1. The molecule has 0 spiro atoms. The minimum atomic E-state index is -3.93. The summed E-state index contributed by atoms with van der Waals surface area (Å²) in [6.07, 6.45) is 2.88. The summed E-state index contributed by atoms with van der Waals surface area (Å²) in [6, 6.07) is 6.28. The molecule has 0 atom stereocenters. The number of sulfonamides is 1. The van der Waals surface area contributed by atoms with Gasteiger partial charge >= 0.3 is 0 Å². The molecule has 2 aromatic rings. The van der Waals surface area contributed by atoms with Crippen LogP contribution in [0.15, 0.2) is 50.4 Å². The lowest BCUT2D eigenvalue weighted by Gasteiger charge is -2.05. The number of nitrogens with zero attached hydrogens (tertiary/aromatic N) is 3. The molecule has 1 heterocycles. The Morgan fingerprint density at radius 3 is 2.59 bits per heavy atom. The summed E-state index contributed by atoms with van der Waals surface area (Å²) in [5, 5.41) is 0. The summed E-state index contributed by atoms with van der Waals surface area (Å²) >= 11 is 3.19. The van der Waals surface area contributed by atoms with E-state index in [1.165, 1.54) is 29.1 Å². The van der Waals surface area contributed by atoms with Crippen molar-refractivity contribution in [3.63, 3.8) is 0 Å². The Bertz CT molecular complexity index is 873. The fraction of sp³-hybridized carbons (Fsp3) is 0.154. The first kappa shape index (κ1) is 16.4. The molecule has 0 unspecified atom stereocenters. The molecule has 1 aromatic carbocycles. The number of halogens is 1. The molecule has 9 heteroatoms. The van der Waals surface area contributed by atoms with Crippen molar-refractivity contribution in [2.75, 3.05) is 0 Å². The molecule has 0 saturated heterocycles. The van der Waals surface area contributed by atoms with Gasteiger partial charge < -0.3 is 10.3 Å². The van der Waals surface area contributed by atoms with Crippen molar-refractivity contribution in [2.45, 2.75) is 18.4 Å². The maximum absolute atomic E-state index is 12.3. The van der Waals surface area contributed by atoms with Crippen molar-refractivity contribution in [3.05, 3.63) is 52.3 Å². The van der Waals surface area contributed by atoms with Gasteiger partial charge in [-0.1, -0.05) is 17.7 Å². The average Bonchev–Trinajstić information content (AvgIpc) is 2.41. The normalized spacial score (nSPS) is 12.4. The Morgan fingerprint density at radius 1 is 1.36 bits per heavy atom. The molecule has 1 amide bonds. The summed E-state index contributed by atoms with van der Waals surface area (Å²) in [7, 11) is -3.93. The molecule has 0 saturated carbocycles. The number of benzene rings is 1. The summed E-state index contributed by atoms with van der Waals surface area (Å²) in [4.78, 5) is 15.0. The van der Waals surface area contributed by atoms with Crippen LogP contribution in [0.4, 0.5) is 0 Å². The Balaban J connectivity index is 2.56. The van der Waals surface area contributed by atoms with E-state index in [9.17, 15) is 13.2 Å². The summed E-state index contributed by atoms with van der Waals surface area (Å²) in [5.74, 6) is -0.630. The third-order valence-corrected chi connectivity index (χ3v) is 4.37. The highest BCUT2D eigenvalue weighted by molar-refractivity contribution is 9.10. The van der Waals surface area contributed by atoms with Crippen molar-refractivity contribution in [3.8, 4) is 0 Å². The van der Waals surface area contributed by atoms with Crippen molar-refractivity contribution < 1.29 is 13.2 Å². The SMILES string of the molecule is Cc1ccc(S(=O)(=O)/N=c2/ncc(Br)cn2CC(N)=O)cc1. The van der Waals surface area contributed by atoms with E-state index in [4.69, 9.17) is 5.73 Å². The Kier molecular flexibility index (Phi) is 4.77. The van der Waals surface area contributed by atoms with E-state index in [-0.39, 0.29) is 17.1 Å². The van der Waals surface area contributed by atoms with Crippen LogP contribution in [0.3, 0.4) is 0 Å². The molecule has 7 nitrogen and oxygen atoms in total. The summed E-state index contributed by atoms with van der Waals surface area (Å²) < 4.78 is 30.1. The van der Waals surface area contributed by atoms with Gasteiger partial charge in [-0.15, -0.1) is 4.40 Å². The first-order valence-electron chi connectivity index (χ1n) is 6.16. The first-order chi connectivity index (χ1) is 10.3. The minimum absolute atomic E-state index is 0.0495. The van der Waals surface area contributed by atoms with Crippen LogP contribution >= 0.6 is 15.9 Å². The van der Waals surface area contributed by atoms with Crippen molar-refractivity contribution in [1.82, 2.24) is 9.55 Å². The standard InChI is InChI=1S/C13H13BrN4O3S/c1-9-2-4-11(5-3-9)22(20,21)17-13-16-6-10(14)7-18(13)8-12(15)19/h2-7H,8H2,1H3,(H2,15,19)/b17-13-. The number of hydrogen-bond donors (Lipinski definition) is 1. The monoisotopic (exact) mass is 384 g/mol. The Hall–Kier alpha value is -2.00. The minimum Gasteiger partial charge on any atom is -0.368 e. The maximum Gasteiger partial charge on any atom is 0.285 e. The van der Waals surface area contributed by atoms with E-state index in [0.717, 1.165) is 5.56 Å². The molecular weight excluding hydrogens is 372 g/mol. The molecule has 0 radical (unpaired) electrons. The second kappa shape index (κ2) is 6.41. The van der Waals surface area contributed by atoms with Gasteiger partial charge in [-0.3, -0.25) is 4.79 Å². The molecule has 22 heavy (non-hydrogen) atoms. The summed E-state index contributed by atoms with van der Waals surface area (Å²) in [6.45, 7) is 1.62. The lowest BCUT2D eigenvalue weighted by molar-refractivity contribution is -0.118. The zero-order chi connectivity index (χ0) is 16.3. The van der Waals surface area contributed by atoms with Crippen LogP contribution in [0.2, 0.25) is 0 Å². The smallest absolute Gasteiger partial charge is 0.285 e. The lowest BCUT2D eigenvalue weighted by atomic mass is 10.2. The topological polar surface area (TPSA) is 107 Å². The van der Waals surface area contributed by atoms with Gasteiger partial charge in [0, 0.05) is 12.4 Å². The van der Waals surface area contributed by atoms with Crippen molar-refractivity contribution >= 4 is 31.9 Å². The van der Waals surface area contributed by atoms with Gasteiger partial charge in [0.2, 0.25) is 11.5 Å². The second-order valence-corrected chi connectivity index (χ2v) is 7.07. The quantitative estimate of drug-likeness (QED) is 0.837. The number of carbonyl (C=O) groups excluding carboxylic acids is 1. The fourth-order valence-corrected chi connectivity index (χ4v) is 2.97. The number of amides is 1. The second-order valence-electron chi connectivity index (χ2n) is 4.55. The van der Waals surface area contributed by atoms with E-state index >= 15 is 0 Å². The molecule has 2 rings (SSSR count). The third-order valence-electron chi connectivity index (χ3n) is 2.69. The van der Waals surface area contributed by atoms with Gasteiger partial charge in [0.25, 0.3) is 10.0 Å². The Morgan fingerprint density at radius 2 is 2.00 bits per heavy atom. The van der Waals surface area contributed by atoms with Crippen LogP contribution < -0.4 is 11.4 Å². The van der Waals surface area contributed by atoms with Crippen LogP contribution in [-0.2, 0) is 21.4 Å². The number of nitrogens with two attached hydrogens (primary N) is 1. The molecule has 0 fully saturated rings. The molecule has 0 aliphatic heterocycles. The van der Waals surface area contributed by atoms with Gasteiger partial charge in [0.05, 0.1) is 9.37 Å². The zero-order valence-corrected chi connectivity index (χ0v) is 14.0. The molecule has 116 valence electrons. The van der Waals surface area contributed by atoms with Crippen LogP contribution in [-0.4, -0.2) is 23.9 Å². The van der Waals surface area contributed by atoms with E-state index in [1.54, 1.807) is 12.1 Å². The van der Waals surface area contributed by atoms with Crippen LogP contribution in [0.1, 0.15) is 5.56 Å². The van der Waals surface area contributed by atoms with Crippen LogP contribution in [0.25, 0.3) is 0 Å². The number of aromatic nitrogens is 2. The van der Waals surface area contributed by atoms with Crippen molar-refractivity contribution in [2.24, 2.45) is 10.1 Å². The van der Waals surface area contributed by atoms with Gasteiger partial charge in [-0.2, -0.15) is 8.42 Å². The highest BCUT2D eigenvalue weighted by atomic mass is 79.9. The molecule has 0 aliphatic rings. The van der Waals surface area contributed by atoms with Gasteiger partial charge in [-0.25, -0.2) is 4.98 Å². The summed E-state index contributed by atoms with van der Waals surface area (Å²) in [5.41, 5.74) is 5.95. The molecule has 1 aromatic heterocycles. The number of aryl methyl sites for hydroxylation is 1. The highest BCUT2D eigenvalue weighted by Crippen LogP contribution is 2.12. The molecule has 0 bridgehead atoms. The average molecular weight is 385 g/mol. The van der Waals surface area contributed by atoms with E-state index in [0.29, 0.717) is 4.47 Å². The fourth-order valence-electron chi connectivity index (χ4n) is 1.66. The lowest BCUT2D eigenvalue weighted by Crippen LogP contribution is -2.31. The van der Waals surface area contributed by atoms with Gasteiger partial charge in [-0.05, 0) is 35.0 Å². The third kappa shape index (κ3) is 4.01. The predicted molar refractivity (Wildman–Crippen MR) is 83.0 cm³/mol. The predicted octanol–water partition coefficient (Wildman–Crippen LogP) is 0.729. The van der Waals surface area contributed by atoms with Gasteiger partial charge in [0.15, 0.2) is 0 Å². The zero-order valence-electron chi connectivity index (χ0n) is 11.6. The largest absolute Gasteiger partial charge is 0.368 e. The Labute approximate surface area is 135 Å². The molecular formula is C13H13BrN4O3S. The molecule has 0 aliphatic carbocycles. The van der Waals surface area contributed by atoms with Crippen LogP contribution in [0.5, 0.6) is 0 Å².